The molecule has 0 aromatic carbocycles. The molecule has 0 aliphatic rings. The maximum Gasteiger partial charge on any atom is 0.154 e. The third-order valence-corrected chi connectivity index (χ3v) is 6.72. The van der Waals surface area contributed by atoms with Gasteiger partial charge in [-0.15, -0.1) is 11.3 Å². The molecular formula is C11H17Cl2NO2S2. The van der Waals surface area contributed by atoms with Gasteiger partial charge < -0.3 is 5.32 Å². The molecule has 3 nitrogen and oxygen atoms in total. The number of sulfone groups is 1. The summed E-state index contributed by atoms with van der Waals surface area (Å²) in [6.45, 7) is 5.95. The number of hydrogen-bond acceptors (Lipinski definition) is 4. The number of halogens is 2. The van der Waals surface area contributed by atoms with Crippen molar-refractivity contribution >= 4 is 44.4 Å². The summed E-state index contributed by atoms with van der Waals surface area (Å²) in [5, 5.41) is 3.18. The van der Waals surface area contributed by atoms with Crippen molar-refractivity contribution in [2.75, 3.05) is 12.8 Å². The zero-order chi connectivity index (χ0) is 14.1. The molecule has 1 heterocycles. The van der Waals surface area contributed by atoms with E-state index in [1.807, 2.05) is 6.92 Å². The van der Waals surface area contributed by atoms with Crippen LogP contribution in [-0.4, -0.2) is 26.0 Å². The van der Waals surface area contributed by atoms with Crippen molar-refractivity contribution in [3.63, 3.8) is 0 Å². The summed E-state index contributed by atoms with van der Waals surface area (Å²) in [6.07, 6.45) is 1.24. The first kappa shape index (κ1) is 16.2. The lowest BCUT2D eigenvalue weighted by atomic mass is 9.97. The number of nitrogens with one attached hydrogen (secondary N) is 1. The molecule has 0 amide bonds. The van der Waals surface area contributed by atoms with Crippen LogP contribution in [-0.2, 0) is 9.84 Å². The summed E-state index contributed by atoms with van der Waals surface area (Å²) in [5.74, 6) is 0. The molecule has 1 atom stereocenters. The quantitative estimate of drug-likeness (QED) is 0.898. The summed E-state index contributed by atoms with van der Waals surface area (Å²) >= 11 is 13.3. The van der Waals surface area contributed by atoms with Crippen LogP contribution >= 0.6 is 34.5 Å². The van der Waals surface area contributed by atoms with E-state index in [1.165, 1.54) is 17.6 Å². The van der Waals surface area contributed by atoms with Gasteiger partial charge in [0, 0.05) is 11.8 Å². The van der Waals surface area contributed by atoms with Crippen LogP contribution in [0.5, 0.6) is 0 Å². The molecule has 1 unspecified atom stereocenters. The second kappa shape index (κ2) is 5.67. The lowest BCUT2D eigenvalue weighted by molar-refractivity contribution is 0.429. The molecule has 0 saturated heterocycles. The normalized spacial score (nSPS) is 14.8. The third kappa shape index (κ3) is 3.20. The Kier molecular flexibility index (Phi) is 5.12. The van der Waals surface area contributed by atoms with Crippen molar-refractivity contribution in [3.05, 3.63) is 20.3 Å². The van der Waals surface area contributed by atoms with E-state index in [4.69, 9.17) is 23.2 Å². The summed E-state index contributed by atoms with van der Waals surface area (Å²) in [4.78, 5) is 0. The molecule has 1 rings (SSSR count). The van der Waals surface area contributed by atoms with Crippen LogP contribution in [0.3, 0.4) is 0 Å². The van der Waals surface area contributed by atoms with Crippen molar-refractivity contribution in [1.29, 1.82) is 0 Å². The lowest BCUT2D eigenvalue weighted by Crippen LogP contribution is -2.44. The fraction of sp³-hybridized carbons (Fsp3) is 0.636. The summed E-state index contributed by atoms with van der Waals surface area (Å²) in [6, 6.07) is 1.35. The van der Waals surface area contributed by atoms with Gasteiger partial charge in [-0.05, 0) is 26.5 Å². The van der Waals surface area contributed by atoms with E-state index in [2.05, 4.69) is 5.32 Å². The predicted molar refractivity (Wildman–Crippen MR) is 79.7 cm³/mol. The number of thiophene rings is 1. The molecule has 1 aromatic heterocycles. The first-order chi connectivity index (χ1) is 8.11. The Morgan fingerprint density at radius 3 is 2.33 bits per heavy atom. The number of hydrogen-bond donors (Lipinski definition) is 1. The lowest BCUT2D eigenvalue weighted by Gasteiger charge is -2.33. The highest BCUT2D eigenvalue weighted by Gasteiger charge is 2.40. The van der Waals surface area contributed by atoms with Gasteiger partial charge in [0.25, 0.3) is 0 Å². The average molecular weight is 330 g/mol. The minimum atomic E-state index is -3.24. The molecule has 0 fully saturated rings. The monoisotopic (exact) mass is 329 g/mol. The Morgan fingerprint density at radius 1 is 1.44 bits per heavy atom. The van der Waals surface area contributed by atoms with Gasteiger partial charge in [-0.3, -0.25) is 0 Å². The average Bonchev–Trinajstić information content (AvgIpc) is 2.52. The minimum absolute atomic E-state index is 0.381. The highest BCUT2D eigenvalue weighted by Crippen LogP contribution is 2.41. The highest BCUT2D eigenvalue weighted by molar-refractivity contribution is 7.92. The topological polar surface area (TPSA) is 46.2 Å². The fourth-order valence-electron chi connectivity index (χ4n) is 1.70. The minimum Gasteiger partial charge on any atom is -0.309 e. The molecule has 0 saturated carbocycles. The van der Waals surface area contributed by atoms with Gasteiger partial charge >= 0.3 is 0 Å². The molecule has 1 aromatic rings. The Labute approximate surface area is 122 Å². The van der Waals surface area contributed by atoms with Gasteiger partial charge in [-0.25, -0.2) is 8.42 Å². The fourth-order valence-corrected chi connectivity index (χ4v) is 3.87. The molecule has 1 N–H and O–H groups in total. The van der Waals surface area contributed by atoms with E-state index >= 15 is 0 Å². The van der Waals surface area contributed by atoms with E-state index in [0.717, 1.165) is 5.56 Å². The van der Waals surface area contributed by atoms with Crippen LogP contribution in [0.4, 0.5) is 0 Å². The molecule has 0 bridgehead atoms. The second-order valence-corrected chi connectivity index (χ2v) is 9.53. The maximum absolute atomic E-state index is 11.9. The highest BCUT2D eigenvalue weighted by atomic mass is 35.5. The second-order valence-electron chi connectivity index (χ2n) is 4.65. The molecule has 0 aliphatic carbocycles. The smallest absolute Gasteiger partial charge is 0.154 e. The van der Waals surface area contributed by atoms with Crippen LogP contribution in [0.15, 0.2) is 6.07 Å². The van der Waals surface area contributed by atoms with Crippen molar-refractivity contribution in [3.8, 4) is 0 Å². The zero-order valence-electron chi connectivity index (χ0n) is 10.8. The number of rotatable bonds is 5. The van der Waals surface area contributed by atoms with Gasteiger partial charge in [-0.1, -0.05) is 30.1 Å². The zero-order valence-corrected chi connectivity index (χ0v) is 13.9. The molecule has 0 spiro atoms. The SMILES string of the molecule is CCNC(c1cc(Cl)sc1Cl)C(C)(C)S(C)(=O)=O. The van der Waals surface area contributed by atoms with Crippen molar-refractivity contribution in [2.45, 2.75) is 31.6 Å². The predicted octanol–water partition coefficient (Wildman–Crippen LogP) is 3.53. The van der Waals surface area contributed by atoms with Crippen LogP contribution in [0, 0.1) is 0 Å². The Morgan fingerprint density at radius 2 is 2.00 bits per heavy atom. The standard InChI is InChI=1S/C11H17Cl2NO2S2/c1-5-14-9(11(2,3)18(4,15)16)7-6-8(12)17-10(7)13/h6,9,14H,5H2,1-4H3. The largest absolute Gasteiger partial charge is 0.309 e. The first-order valence-corrected chi connectivity index (χ1v) is 8.95. The van der Waals surface area contributed by atoms with Crippen molar-refractivity contribution < 1.29 is 8.42 Å². The van der Waals surface area contributed by atoms with Gasteiger partial charge in [0.1, 0.15) is 0 Å². The van der Waals surface area contributed by atoms with Crippen molar-refractivity contribution in [1.82, 2.24) is 5.32 Å². The van der Waals surface area contributed by atoms with Crippen LogP contribution in [0.2, 0.25) is 8.67 Å². The van der Waals surface area contributed by atoms with E-state index < -0.39 is 14.6 Å². The van der Waals surface area contributed by atoms with E-state index in [9.17, 15) is 8.42 Å². The van der Waals surface area contributed by atoms with Gasteiger partial charge in [-0.2, -0.15) is 0 Å². The van der Waals surface area contributed by atoms with Crippen LogP contribution in [0.25, 0.3) is 0 Å². The molecule has 18 heavy (non-hydrogen) atoms. The summed E-state index contributed by atoms with van der Waals surface area (Å²) in [5.41, 5.74) is 0.740. The Bertz CT molecular complexity index is 523. The molecular weight excluding hydrogens is 313 g/mol. The summed E-state index contributed by atoms with van der Waals surface area (Å²) < 4.78 is 24.0. The summed E-state index contributed by atoms with van der Waals surface area (Å²) in [7, 11) is -3.24. The molecule has 7 heteroatoms. The molecule has 0 radical (unpaired) electrons. The van der Waals surface area contributed by atoms with E-state index in [-0.39, 0.29) is 6.04 Å². The van der Waals surface area contributed by atoms with Gasteiger partial charge in [0.05, 0.1) is 19.5 Å². The third-order valence-electron chi connectivity index (χ3n) is 3.05. The van der Waals surface area contributed by atoms with Gasteiger partial charge in [0.15, 0.2) is 9.84 Å². The Hall–Kier alpha value is 0.190. The molecule has 104 valence electrons. The Balaban J connectivity index is 3.31. The van der Waals surface area contributed by atoms with Crippen LogP contribution < -0.4 is 5.32 Å². The molecule has 0 aliphatic heterocycles. The van der Waals surface area contributed by atoms with Gasteiger partial charge in [0.2, 0.25) is 0 Å². The van der Waals surface area contributed by atoms with Crippen LogP contribution in [0.1, 0.15) is 32.4 Å². The van der Waals surface area contributed by atoms with E-state index in [1.54, 1.807) is 19.9 Å². The first-order valence-electron chi connectivity index (χ1n) is 5.49. The maximum atomic E-state index is 11.9. The van der Waals surface area contributed by atoms with Crippen molar-refractivity contribution in [2.24, 2.45) is 0 Å². The van der Waals surface area contributed by atoms with E-state index in [0.29, 0.717) is 15.2 Å².